The molecule has 7 heteroatoms. The first-order valence-corrected chi connectivity index (χ1v) is 15.1. The van der Waals surface area contributed by atoms with Crippen molar-refractivity contribution < 1.29 is 17.6 Å². The van der Waals surface area contributed by atoms with Gasteiger partial charge in [0.05, 0.1) is 17.0 Å². The fraction of sp³-hybridized carbons (Fsp3) is 0.400. The first kappa shape index (κ1) is 30.0. The predicted octanol–water partition coefficient (Wildman–Crippen LogP) is 9.76. The molecule has 1 aliphatic rings. The van der Waals surface area contributed by atoms with Crippen molar-refractivity contribution in [1.29, 1.82) is 0 Å². The molecule has 0 unspecified atom stereocenters. The normalized spacial score (nSPS) is 14.5. The molecule has 1 fully saturated rings. The second kappa shape index (κ2) is 13.7. The summed E-state index contributed by atoms with van der Waals surface area (Å²) in [5.74, 6) is 0.555. The Bertz CT molecular complexity index is 1420. The molecule has 0 N–H and O–H groups in total. The molecule has 0 saturated heterocycles. The maximum Gasteiger partial charge on any atom is 0.416 e. The van der Waals surface area contributed by atoms with Gasteiger partial charge in [0.25, 0.3) is 0 Å². The number of hydrogen-bond donors (Lipinski definition) is 0. The van der Waals surface area contributed by atoms with Crippen LogP contribution >= 0.6 is 0 Å². The van der Waals surface area contributed by atoms with Crippen LogP contribution in [0.2, 0.25) is 0 Å². The highest BCUT2D eigenvalue weighted by Crippen LogP contribution is 2.34. The van der Waals surface area contributed by atoms with Crippen molar-refractivity contribution in [3.05, 3.63) is 102 Å². The average molecular weight is 578 g/mol. The van der Waals surface area contributed by atoms with Gasteiger partial charge in [-0.05, 0) is 37.3 Å². The average Bonchev–Trinajstić information content (AvgIpc) is 3.35. The van der Waals surface area contributed by atoms with Crippen molar-refractivity contribution in [2.45, 2.75) is 77.7 Å². The summed E-state index contributed by atoms with van der Waals surface area (Å²) < 4.78 is 57.2. The Morgan fingerprint density at radius 1 is 0.857 bits per heavy atom. The van der Waals surface area contributed by atoms with Gasteiger partial charge >= 0.3 is 6.18 Å². The lowest BCUT2D eigenvalue weighted by Crippen LogP contribution is -2.31. The van der Waals surface area contributed by atoms with Gasteiger partial charge in [0.15, 0.2) is 0 Å². The zero-order valence-corrected chi connectivity index (χ0v) is 24.2. The van der Waals surface area contributed by atoms with E-state index in [4.69, 9.17) is 4.98 Å². The van der Waals surface area contributed by atoms with E-state index in [9.17, 15) is 13.2 Å². The summed E-state index contributed by atoms with van der Waals surface area (Å²) in [5, 5.41) is 0. The van der Waals surface area contributed by atoms with Crippen LogP contribution in [-0.4, -0.2) is 21.0 Å². The standard InChI is InChI=1S/C35H39F4N3/c1-2-3-21-42-32(33(27-15-9-5-10-16-27)40-34(42)28-17-11-6-12-18-28)25-41(23-26-13-7-4-8-14-26)24-29-19-20-30(22-31(29)36)35(37,38)39/h5-6,9-12,15-20,22,26H,2-4,7-8,13-14,21,23-25H2,1H3. The molecule has 3 nitrogen and oxygen atoms in total. The highest BCUT2D eigenvalue weighted by molar-refractivity contribution is 5.68. The third kappa shape index (κ3) is 7.30. The molecule has 1 heterocycles. The Labute approximate surface area is 246 Å². The van der Waals surface area contributed by atoms with Crippen molar-refractivity contribution in [3.8, 4) is 22.6 Å². The van der Waals surface area contributed by atoms with E-state index in [1.165, 1.54) is 25.3 Å². The SMILES string of the molecule is CCCCn1c(-c2ccccc2)nc(-c2ccccc2)c1CN(Cc1ccc(C(F)(F)F)cc1F)CC1CCCCC1. The monoisotopic (exact) mass is 577 g/mol. The quantitative estimate of drug-likeness (QED) is 0.166. The number of imidazole rings is 1. The second-order valence-corrected chi connectivity index (χ2v) is 11.4. The van der Waals surface area contributed by atoms with Gasteiger partial charge in [-0.25, -0.2) is 9.37 Å². The van der Waals surface area contributed by atoms with Crippen LogP contribution in [0, 0.1) is 11.7 Å². The van der Waals surface area contributed by atoms with Crippen LogP contribution in [0.4, 0.5) is 17.6 Å². The van der Waals surface area contributed by atoms with Crippen LogP contribution in [0.5, 0.6) is 0 Å². The van der Waals surface area contributed by atoms with Gasteiger partial charge in [-0.1, -0.05) is 99.3 Å². The number of hydrogen-bond acceptors (Lipinski definition) is 2. The lowest BCUT2D eigenvalue weighted by atomic mass is 9.88. The highest BCUT2D eigenvalue weighted by atomic mass is 19.4. The number of aromatic nitrogens is 2. The molecular weight excluding hydrogens is 538 g/mol. The minimum atomic E-state index is -4.58. The van der Waals surface area contributed by atoms with Gasteiger partial charge in [-0.3, -0.25) is 4.90 Å². The Kier molecular flexibility index (Phi) is 9.78. The first-order chi connectivity index (χ1) is 20.3. The Morgan fingerprint density at radius 2 is 1.52 bits per heavy atom. The van der Waals surface area contributed by atoms with Crippen molar-refractivity contribution in [2.24, 2.45) is 5.92 Å². The van der Waals surface area contributed by atoms with Crippen molar-refractivity contribution in [2.75, 3.05) is 6.54 Å². The smallest absolute Gasteiger partial charge is 0.326 e. The van der Waals surface area contributed by atoms with Gasteiger partial charge in [0.1, 0.15) is 11.6 Å². The number of halogens is 4. The minimum absolute atomic E-state index is 0.230. The molecule has 5 rings (SSSR count). The van der Waals surface area contributed by atoms with Gasteiger partial charge in [-0.2, -0.15) is 13.2 Å². The van der Waals surface area contributed by atoms with Crippen molar-refractivity contribution >= 4 is 0 Å². The zero-order valence-electron chi connectivity index (χ0n) is 24.2. The molecule has 0 amide bonds. The molecular formula is C35H39F4N3. The zero-order chi connectivity index (χ0) is 29.5. The minimum Gasteiger partial charge on any atom is -0.326 e. The lowest BCUT2D eigenvalue weighted by Gasteiger charge is -2.30. The van der Waals surface area contributed by atoms with Crippen LogP contribution < -0.4 is 0 Å². The largest absolute Gasteiger partial charge is 0.416 e. The number of rotatable bonds is 11. The van der Waals surface area contributed by atoms with E-state index in [2.05, 4.69) is 40.7 Å². The third-order valence-corrected chi connectivity index (χ3v) is 8.28. The fourth-order valence-corrected chi connectivity index (χ4v) is 6.06. The number of nitrogens with zero attached hydrogens (tertiary/aromatic N) is 3. The molecule has 1 aliphatic carbocycles. The molecule has 0 aliphatic heterocycles. The van der Waals surface area contributed by atoms with Gasteiger partial charge in [-0.15, -0.1) is 0 Å². The highest BCUT2D eigenvalue weighted by Gasteiger charge is 2.31. The van der Waals surface area contributed by atoms with E-state index in [0.717, 1.165) is 73.2 Å². The van der Waals surface area contributed by atoms with E-state index >= 15 is 4.39 Å². The Balaban J connectivity index is 1.57. The van der Waals surface area contributed by atoms with Crippen molar-refractivity contribution in [3.63, 3.8) is 0 Å². The summed E-state index contributed by atoms with van der Waals surface area (Å²) in [6, 6.07) is 23.2. The molecule has 4 aromatic rings. The third-order valence-electron chi connectivity index (χ3n) is 8.28. The first-order valence-electron chi connectivity index (χ1n) is 15.1. The topological polar surface area (TPSA) is 21.1 Å². The molecule has 0 spiro atoms. The molecule has 0 atom stereocenters. The summed E-state index contributed by atoms with van der Waals surface area (Å²) in [6.07, 6.45) is 3.23. The van der Waals surface area contributed by atoms with Gasteiger partial charge < -0.3 is 4.57 Å². The van der Waals surface area contributed by atoms with Gasteiger partial charge in [0, 0.05) is 42.9 Å². The molecule has 42 heavy (non-hydrogen) atoms. The Hall–Kier alpha value is -3.45. The van der Waals surface area contributed by atoms with E-state index in [1.807, 2.05) is 36.4 Å². The summed E-state index contributed by atoms with van der Waals surface area (Å²) in [6.45, 7) is 4.47. The van der Waals surface area contributed by atoms with Gasteiger partial charge in [0.2, 0.25) is 0 Å². The van der Waals surface area contributed by atoms with Crippen LogP contribution in [0.25, 0.3) is 22.6 Å². The molecule has 1 aromatic heterocycles. The van der Waals surface area contributed by atoms with E-state index < -0.39 is 17.6 Å². The fourth-order valence-electron chi connectivity index (χ4n) is 6.06. The van der Waals surface area contributed by atoms with Crippen LogP contribution in [-0.2, 0) is 25.8 Å². The number of benzene rings is 3. The summed E-state index contributed by atoms with van der Waals surface area (Å²) in [4.78, 5) is 7.43. The summed E-state index contributed by atoms with van der Waals surface area (Å²) >= 11 is 0. The predicted molar refractivity (Wildman–Crippen MR) is 160 cm³/mol. The van der Waals surface area contributed by atoms with Crippen LogP contribution in [0.1, 0.15) is 68.7 Å². The van der Waals surface area contributed by atoms with Crippen LogP contribution in [0.3, 0.4) is 0 Å². The molecule has 0 bridgehead atoms. The maximum atomic E-state index is 15.1. The molecule has 1 saturated carbocycles. The second-order valence-electron chi connectivity index (χ2n) is 11.4. The number of unbranched alkanes of at least 4 members (excludes halogenated alkanes) is 1. The van der Waals surface area contributed by atoms with E-state index in [0.29, 0.717) is 18.5 Å². The maximum absolute atomic E-state index is 15.1. The summed E-state index contributed by atoms with van der Waals surface area (Å²) in [7, 11) is 0. The lowest BCUT2D eigenvalue weighted by molar-refractivity contribution is -0.137. The molecule has 3 aromatic carbocycles. The van der Waals surface area contributed by atoms with E-state index in [1.54, 1.807) is 0 Å². The summed E-state index contributed by atoms with van der Waals surface area (Å²) in [5.41, 5.74) is 3.31. The number of alkyl halides is 3. The van der Waals surface area contributed by atoms with Crippen molar-refractivity contribution in [1.82, 2.24) is 14.5 Å². The molecule has 0 radical (unpaired) electrons. The Morgan fingerprint density at radius 3 is 2.14 bits per heavy atom. The molecule has 222 valence electrons. The van der Waals surface area contributed by atoms with E-state index in [-0.39, 0.29) is 12.1 Å². The van der Waals surface area contributed by atoms with Crippen LogP contribution in [0.15, 0.2) is 78.9 Å².